The average Bonchev–Trinajstić information content (AvgIpc) is 2.83. The number of nitrogens with zero attached hydrogens (tertiary/aromatic N) is 2. The highest BCUT2D eigenvalue weighted by Crippen LogP contribution is 2.27. The summed E-state index contributed by atoms with van der Waals surface area (Å²) in [7, 11) is 0. The van der Waals surface area contributed by atoms with E-state index in [4.69, 9.17) is 5.73 Å². The predicted octanol–water partition coefficient (Wildman–Crippen LogP) is 2.40. The Morgan fingerprint density at radius 1 is 1.53 bits per heavy atom. The fraction of sp³-hybridized carbons (Fsp3) is 0.364. The van der Waals surface area contributed by atoms with E-state index in [0.717, 1.165) is 6.54 Å². The van der Waals surface area contributed by atoms with Crippen LogP contribution in [0.2, 0.25) is 0 Å². The first-order chi connectivity index (χ1) is 7.26. The first-order valence-corrected chi connectivity index (χ1v) is 5.94. The smallest absolute Gasteiger partial charge is 0.0571 e. The minimum Gasteiger partial charge on any atom is -0.326 e. The Morgan fingerprint density at radius 3 is 2.87 bits per heavy atom. The van der Waals surface area contributed by atoms with Crippen LogP contribution in [0.4, 0.5) is 0 Å². The first kappa shape index (κ1) is 10.4. The average molecular weight is 221 g/mol. The van der Waals surface area contributed by atoms with Crippen molar-refractivity contribution in [3.63, 3.8) is 0 Å². The summed E-state index contributed by atoms with van der Waals surface area (Å²) in [5.74, 6) is 0. The van der Waals surface area contributed by atoms with Crippen molar-refractivity contribution in [3.05, 3.63) is 28.2 Å². The van der Waals surface area contributed by atoms with Crippen molar-refractivity contribution in [3.8, 4) is 11.1 Å². The van der Waals surface area contributed by atoms with Gasteiger partial charge in [0.15, 0.2) is 0 Å². The quantitative estimate of drug-likeness (QED) is 0.865. The van der Waals surface area contributed by atoms with E-state index in [9.17, 15) is 0 Å². The molecule has 0 bridgehead atoms. The number of aromatic nitrogens is 2. The fourth-order valence-corrected chi connectivity index (χ4v) is 2.44. The van der Waals surface area contributed by atoms with Crippen LogP contribution in [0, 0.1) is 6.92 Å². The van der Waals surface area contributed by atoms with E-state index >= 15 is 0 Å². The molecule has 0 amide bonds. The van der Waals surface area contributed by atoms with E-state index in [1.807, 2.05) is 10.9 Å². The Labute approximate surface area is 93.5 Å². The molecule has 0 aromatic carbocycles. The standard InChI is InChI=1S/C11H15N3S/c1-3-14-8(2)11(6-13-14)9-4-10(5-12)15-7-9/h4,6-7H,3,5,12H2,1-2H3. The lowest BCUT2D eigenvalue weighted by atomic mass is 10.1. The number of hydrogen-bond donors (Lipinski definition) is 1. The molecule has 0 atom stereocenters. The van der Waals surface area contributed by atoms with Crippen molar-refractivity contribution in [2.75, 3.05) is 0 Å². The lowest BCUT2D eigenvalue weighted by Crippen LogP contribution is -1.98. The van der Waals surface area contributed by atoms with Gasteiger partial charge in [0.25, 0.3) is 0 Å². The van der Waals surface area contributed by atoms with E-state index in [1.54, 1.807) is 11.3 Å². The maximum Gasteiger partial charge on any atom is 0.0571 e. The molecule has 0 unspecified atom stereocenters. The molecule has 2 aromatic heterocycles. The van der Waals surface area contributed by atoms with E-state index in [0.29, 0.717) is 6.54 Å². The van der Waals surface area contributed by atoms with Gasteiger partial charge in [-0.25, -0.2) is 0 Å². The summed E-state index contributed by atoms with van der Waals surface area (Å²) in [4.78, 5) is 1.22. The molecule has 0 aliphatic carbocycles. The Kier molecular flexibility index (Phi) is 2.88. The molecular weight excluding hydrogens is 206 g/mol. The van der Waals surface area contributed by atoms with E-state index in [1.165, 1.54) is 21.7 Å². The van der Waals surface area contributed by atoms with Gasteiger partial charge in [0.05, 0.1) is 6.20 Å². The summed E-state index contributed by atoms with van der Waals surface area (Å²) in [5, 5.41) is 6.48. The van der Waals surface area contributed by atoms with Gasteiger partial charge < -0.3 is 5.73 Å². The molecule has 2 aromatic rings. The first-order valence-electron chi connectivity index (χ1n) is 5.06. The molecule has 0 aliphatic heterocycles. The minimum absolute atomic E-state index is 0.617. The number of thiophene rings is 1. The van der Waals surface area contributed by atoms with Crippen LogP contribution < -0.4 is 5.73 Å². The van der Waals surface area contributed by atoms with Gasteiger partial charge in [-0.2, -0.15) is 5.10 Å². The Hall–Kier alpha value is -1.13. The second-order valence-electron chi connectivity index (χ2n) is 3.47. The summed E-state index contributed by atoms with van der Waals surface area (Å²) in [5.41, 5.74) is 9.27. The van der Waals surface area contributed by atoms with Crippen molar-refractivity contribution < 1.29 is 0 Å². The highest BCUT2D eigenvalue weighted by molar-refractivity contribution is 7.10. The highest BCUT2D eigenvalue weighted by atomic mass is 32.1. The minimum atomic E-state index is 0.617. The molecule has 2 rings (SSSR count). The molecule has 0 radical (unpaired) electrons. The van der Waals surface area contributed by atoms with Crippen LogP contribution in [0.1, 0.15) is 17.5 Å². The van der Waals surface area contributed by atoms with Crippen molar-refractivity contribution in [1.82, 2.24) is 9.78 Å². The molecule has 80 valence electrons. The van der Waals surface area contributed by atoms with Crippen molar-refractivity contribution in [1.29, 1.82) is 0 Å². The highest BCUT2D eigenvalue weighted by Gasteiger charge is 2.08. The molecule has 2 N–H and O–H groups in total. The third-order valence-corrected chi connectivity index (χ3v) is 3.53. The van der Waals surface area contributed by atoms with Crippen LogP contribution in [-0.4, -0.2) is 9.78 Å². The zero-order chi connectivity index (χ0) is 10.8. The van der Waals surface area contributed by atoms with Crippen LogP contribution >= 0.6 is 11.3 Å². The zero-order valence-electron chi connectivity index (χ0n) is 9.03. The molecule has 4 heteroatoms. The zero-order valence-corrected chi connectivity index (χ0v) is 9.84. The van der Waals surface area contributed by atoms with Crippen LogP contribution in [0.3, 0.4) is 0 Å². The number of aryl methyl sites for hydroxylation is 1. The maximum absolute atomic E-state index is 5.60. The number of rotatable bonds is 3. The van der Waals surface area contributed by atoms with E-state index in [-0.39, 0.29) is 0 Å². The largest absolute Gasteiger partial charge is 0.326 e. The normalized spacial score (nSPS) is 10.9. The van der Waals surface area contributed by atoms with Crippen LogP contribution in [0.5, 0.6) is 0 Å². The van der Waals surface area contributed by atoms with Gasteiger partial charge in [0.1, 0.15) is 0 Å². The second-order valence-corrected chi connectivity index (χ2v) is 4.46. The van der Waals surface area contributed by atoms with Gasteiger partial charge in [-0.05, 0) is 30.9 Å². The number of nitrogens with two attached hydrogens (primary N) is 1. The lowest BCUT2D eigenvalue weighted by molar-refractivity contribution is 0.640. The topological polar surface area (TPSA) is 43.8 Å². The third-order valence-electron chi connectivity index (χ3n) is 2.57. The van der Waals surface area contributed by atoms with Gasteiger partial charge in [-0.1, -0.05) is 0 Å². The van der Waals surface area contributed by atoms with Gasteiger partial charge in [0.2, 0.25) is 0 Å². The van der Waals surface area contributed by atoms with Gasteiger partial charge in [-0.3, -0.25) is 4.68 Å². The Bertz CT molecular complexity index is 456. The van der Waals surface area contributed by atoms with Crippen molar-refractivity contribution in [2.45, 2.75) is 26.9 Å². The molecule has 0 spiro atoms. The molecule has 0 aliphatic rings. The maximum atomic E-state index is 5.60. The van der Waals surface area contributed by atoms with E-state index < -0.39 is 0 Å². The molecular formula is C11H15N3S. The lowest BCUT2D eigenvalue weighted by Gasteiger charge is -1.99. The van der Waals surface area contributed by atoms with Crippen LogP contribution in [0.25, 0.3) is 11.1 Å². The molecule has 15 heavy (non-hydrogen) atoms. The van der Waals surface area contributed by atoms with Crippen LogP contribution in [0.15, 0.2) is 17.6 Å². The predicted molar refractivity (Wildman–Crippen MR) is 63.8 cm³/mol. The number of hydrogen-bond acceptors (Lipinski definition) is 3. The third kappa shape index (κ3) is 1.82. The summed E-state index contributed by atoms with van der Waals surface area (Å²) in [6.45, 7) is 5.74. The summed E-state index contributed by atoms with van der Waals surface area (Å²) >= 11 is 1.71. The second kappa shape index (κ2) is 4.16. The summed E-state index contributed by atoms with van der Waals surface area (Å²) in [6.07, 6.45) is 1.93. The fourth-order valence-electron chi connectivity index (χ4n) is 1.68. The van der Waals surface area contributed by atoms with Gasteiger partial charge in [-0.15, -0.1) is 11.3 Å². The van der Waals surface area contributed by atoms with Crippen molar-refractivity contribution >= 4 is 11.3 Å². The van der Waals surface area contributed by atoms with Gasteiger partial charge >= 0.3 is 0 Å². The summed E-state index contributed by atoms with van der Waals surface area (Å²) in [6, 6.07) is 2.15. The molecule has 3 nitrogen and oxygen atoms in total. The SMILES string of the molecule is CCn1ncc(-c2csc(CN)c2)c1C. The molecule has 2 heterocycles. The Balaban J connectivity index is 2.40. The van der Waals surface area contributed by atoms with E-state index in [2.05, 4.69) is 30.4 Å². The molecule has 0 saturated heterocycles. The molecule has 0 fully saturated rings. The van der Waals surface area contributed by atoms with Crippen molar-refractivity contribution in [2.24, 2.45) is 5.73 Å². The monoisotopic (exact) mass is 221 g/mol. The summed E-state index contributed by atoms with van der Waals surface area (Å²) < 4.78 is 2.01. The van der Waals surface area contributed by atoms with Gasteiger partial charge in [0, 0.05) is 29.2 Å². The van der Waals surface area contributed by atoms with Crippen LogP contribution in [-0.2, 0) is 13.1 Å². The Morgan fingerprint density at radius 2 is 2.33 bits per heavy atom. The molecule has 0 saturated carbocycles.